The monoisotopic (exact) mass is 478 g/mol. The maximum Gasteiger partial charge on any atom is 0.273 e. The molecule has 1 aromatic heterocycles. The molecule has 0 saturated heterocycles. The zero-order valence-corrected chi connectivity index (χ0v) is 20.5. The van der Waals surface area contributed by atoms with E-state index >= 15 is 0 Å². The Morgan fingerprint density at radius 2 is 1.80 bits per heavy atom. The molecule has 4 rings (SSSR count). The zero-order valence-electron chi connectivity index (χ0n) is 20.5. The van der Waals surface area contributed by atoms with Crippen LogP contribution >= 0.6 is 0 Å². The third-order valence-corrected chi connectivity index (χ3v) is 6.53. The Balaban J connectivity index is 1.83. The lowest BCUT2D eigenvalue weighted by atomic mass is 9.93. The number of carbonyl (C=O) groups is 3. The summed E-state index contributed by atoms with van der Waals surface area (Å²) >= 11 is 0. The topological polar surface area (TPSA) is 83.4 Å². The highest BCUT2D eigenvalue weighted by molar-refractivity contribution is 6.14. The molecule has 0 aliphatic carbocycles. The number of nitrogens with one attached hydrogen (secondary N) is 2. The quantitative estimate of drug-likeness (QED) is 0.531. The molecule has 0 unspecified atom stereocenters. The van der Waals surface area contributed by atoms with Crippen LogP contribution in [0, 0.1) is 11.7 Å². The minimum Gasteiger partial charge on any atom is -0.354 e. The molecule has 7 nitrogen and oxygen atoms in total. The van der Waals surface area contributed by atoms with Crippen molar-refractivity contribution in [3.8, 4) is 0 Å². The number of halogens is 1. The van der Waals surface area contributed by atoms with E-state index in [1.165, 1.54) is 24.0 Å². The van der Waals surface area contributed by atoms with Gasteiger partial charge < -0.3 is 20.1 Å². The number of amides is 3. The van der Waals surface area contributed by atoms with E-state index in [9.17, 15) is 18.8 Å². The van der Waals surface area contributed by atoms with E-state index in [0.717, 1.165) is 17.3 Å². The zero-order chi connectivity index (χ0) is 25.3. The van der Waals surface area contributed by atoms with Crippen LogP contribution < -0.4 is 10.6 Å². The van der Waals surface area contributed by atoms with Gasteiger partial charge in [0, 0.05) is 25.4 Å². The van der Waals surface area contributed by atoms with Crippen LogP contribution in [0.4, 0.5) is 10.1 Å². The summed E-state index contributed by atoms with van der Waals surface area (Å²) in [6, 6.07) is 13.3. The van der Waals surface area contributed by atoms with Crippen molar-refractivity contribution < 1.29 is 18.8 Å². The molecule has 2 N–H and O–H groups in total. The van der Waals surface area contributed by atoms with E-state index < -0.39 is 5.54 Å². The first-order valence-electron chi connectivity index (χ1n) is 11.9. The van der Waals surface area contributed by atoms with Gasteiger partial charge in [-0.15, -0.1) is 0 Å². The van der Waals surface area contributed by atoms with Gasteiger partial charge in [0.25, 0.3) is 5.91 Å². The molecule has 2 heterocycles. The Kier molecular flexibility index (Phi) is 6.65. The predicted molar refractivity (Wildman–Crippen MR) is 133 cm³/mol. The number of hydrogen-bond donors (Lipinski definition) is 2. The number of nitrogens with zero attached hydrogens (tertiary/aromatic N) is 2. The second kappa shape index (κ2) is 9.52. The molecule has 184 valence electrons. The number of carbonyl (C=O) groups excluding carboxylic acids is 3. The van der Waals surface area contributed by atoms with Crippen LogP contribution in [0.3, 0.4) is 0 Å². The molecule has 3 aromatic rings. The number of hydrogen-bond acceptors (Lipinski definition) is 3. The Morgan fingerprint density at radius 3 is 2.46 bits per heavy atom. The SMILES string of the molecule is CC(=O)Nc1c2n(c3ccccc13)C[C@](C)(C(=O)NCCC(C)C)N(Cc1ccc(F)cc1)C2=O. The number of benzene rings is 2. The Hall–Kier alpha value is -3.68. The molecule has 0 spiro atoms. The fourth-order valence-electron chi connectivity index (χ4n) is 4.62. The number of fused-ring (bicyclic) bond motifs is 3. The number of aromatic nitrogens is 1. The molecule has 1 aliphatic rings. The van der Waals surface area contributed by atoms with E-state index in [0.29, 0.717) is 29.4 Å². The van der Waals surface area contributed by atoms with Gasteiger partial charge in [0.05, 0.1) is 17.7 Å². The minimum absolute atomic E-state index is 0.119. The lowest BCUT2D eigenvalue weighted by Crippen LogP contribution is -2.63. The first-order chi connectivity index (χ1) is 16.6. The van der Waals surface area contributed by atoms with Crippen molar-refractivity contribution in [1.29, 1.82) is 0 Å². The van der Waals surface area contributed by atoms with Crippen molar-refractivity contribution >= 4 is 34.3 Å². The van der Waals surface area contributed by atoms with E-state index in [-0.39, 0.29) is 36.6 Å². The average Bonchev–Trinajstić information content (AvgIpc) is 3.10. The summed E-state index contributed by atoms with van der Waals surface area (Å²) in [6.45, 7) is 8.16. The molecule has 2 aromatic carbocycles. The first-order valence-corrected chi connectivity index (χ1v) is 11.9. The lowest BCUT2D eigenvalue weighted by Gasteiger charge is -2.44. The number of para-hydroxylation sites is 1. The molecular weight excluding hydrogens is 447 g/mol. The Morgan fingerprint density at radius 1 is 1.11 bits per heavy atom. The van der Waals surface area contributed by atoms with Crippen LogP contribution in [0.5, 0.6) is 0 Å². The average molecular weight is 479 g/mol. The van der Waals surface area contributed by atoms with Crippen LogP contribution in [0.2, 0.25) is 0 Å². The summed E-state index contributed by atoms with van der Waals surface area (Å²) in [6.07, 6.45) is 0.818. The fourth-order valence-corrected chi connectivity index (χ4v) is 4.62. The summed E-state index contributed by atoms with van der Waals surface area (Å²) < 4.78 is 15.4. The highest BCUT2D eigenvalue weighted by Crippen LogP contribution is 2.39. The number of rotatable bonds is 7. The second-order valence-corrected chi connectivity index (χ2v) is 9.74. The highest BCUT2D eigenvalue weighted by Gasteiger charge is 2.48. The predicted octanol–water partition coefficient (Wildman–Crippen LogP) is 4.32. The summed E-state index contributed by atoms with van der Waals surface area (Å²) in [5.74, 6) is -0.866. The van der Waals surface area contributed by atoms with Crippen molar-refractivity contribution in [3.05, 3.63) is 65.6 Å². The largest absolute Gasteiger partial charge is 0.354 e. The van der Waals surface area contributed by atoms with Gasteiger partial charge in [-0.1, -0.05) is 44.2 Å². The third-order valence-electron chi connectivity index (χ3n) is 6.53. The van der Waals surface area contributed by atoms with E-state index in [2.05, 4.69) is 24.5 Å². The summed E-state index contributed by atoms with van der Waals surface area (Å²) in [5, 5.41) is 6.57. The van der Waals surface area contributed by atoms with Gasteiger partial charge >= 0.3 is 0 Å². The van der Waals surface area contributed by atoms with Crippen LogP contribution in [-0.4, -0.2) is 39.3 Å². The molecule has 0 bridgehead atoms. The molecule has 35 heavy (non-hydrogen) atoms. The fraction of sp³-hybridized carbons (Fsp3) is 0.370. The maximum absolute atomic E-state index is 14.1. The summed E-state index contributed by atoms with van der Waals surface area (Å²) in [7, 11) is 0. The van der Waals surface area contributed by atoms with Gasteiger partial charge in [0.1, 0.15) is 17.1 Å². The van der Waals surface area contributed by atoms with Crippen molar-refractivity contribution in [3.63, 3.8) is 0 Å². The van der Waals surface area contributed by atoms with E-state index in [1.54, 1.807) is 19.1 Å². The number of anilines is 1. The Bertz CT molecular complexity index is 1280. The van der Waals surface area contributed by atoms with Gasteiger partial charge in [0.2, 0.25) is 11.8 Å². The van der Waals surface area contributed by atoms with Gasteiger partial charge in [0.15, 0.2) is 0 Å². The second-order valence-electron chi connectivity index (χ2n) is 9.74. The third kappa shape index (κ3) is 4.65. The van der Waals surface area contributed by atoms with E-state index in [4.69, 9.17) is 0 Å². The molecule has 1 atom stereocenters. The van der Waals surface area contributed by atoms with Crippen LogP contribution in [0.25, 0.3) is 10.9 Å². The smallest absolute Gasteiger partial charge is 0.273 e. The molecule has 3 amide bonds. The summed E-state index contributed by atoms with van der Waals surface area (Å²) in [4.78, 5) is 41.2. The molecule has 0 fully saturated rings. The molecular formula is C27H31FN4O3. The maximum atomic E-state index is 14.1. The van der Waals surface area contributed by atoms with Gasteiger partial charge in [-0.05, 0) is 43.0 Å². The van der Waals surface area contributed by atoms with E-state index in [1.807, 2.05) is 28.8 Å². The molecule has 0 saturated carbocycles. The standard InChI is InChI=1S/C27H31FN4O3/c1-17(2)13-14-29-26(35)27(4)16-31-22-8-6-5-7-21(22)23(30-18(3)33)24(31)25(34)32(27)15-19-9-11-20(28)12-10-19/h5-12,17H,13-16H2,1-4H3,(H,29,35)(H,30,33)/t27-/m1/s1. The Labute approximate surface area is 204 Å². The normalized spacial score (nSPS) is 17.5. The van der Waals surface area contributed by atoms with Gasteiger partial charge in [-0.2, -0.15) is 0 Å². The van der Waals surface area contributed by atoms with Crippen molar-refractivity contribution in [2.24, 2.45) is 5.92 Å². The minimum atomic E-state index is -1.20. The first kappa shape index (κ1) is 24.4. The van der Waals surface area contributed by atoms with Crippen molar-refractivity contribution in [2.45, 2.75) is 52.7 Å². The van der Waals surface area contributed by atoms with Crippen LogP contribution in [0.15, 0.2) is 48.5 Å². The van der Waals surface area contributed by atoms with Gasteiger partial charge in [-0.25, -0.2) is 4.39 Å². The van der Waals surface area contributed by atoms with Crippen molar-refractivity contribution in [1.82, 2.24) is 14.8 Å². The molecule has 1 aliphatic heterocycles. The van der Waals surface area contributed by atoms with Crippen LogP contribution in [-0.2, 0) is 22.7 Å². The summed E-state index contributed by atoms with van der Waals surface area (Å²) in [5.41, 5.74) is 1.03. The highest BCUT2D eigenvalue weighted by atomic mass is 19.1. The molecule has 0 radical (unpaired) electrons. The lowest BCUT2D eigenvalue weighted by molar-refractivity contribution is -0.133. The van der Waals surface area contributed by atoms with Crippen LogP contribution in [0.1, 0.15) is 50.2 Å². The molecule has 8 heteroatoms. The van der Waals surface area contributed by atoms with Crippen molar-refractivity contribution in [2.75, 3.05) is 11.9 Å². The van der Waals surface area contributed by atoms with Gasteiger partial charge in [-0.3, -0.25) is 14.4 Å².